The van der Waals surface area contributed by atoms with Gasteiger partial charge in [-0.3, -0.25) is 5.10 Å². The fourth-order valence-corrected chi connectivity index (χ4v) is 3.01. The summed E-state index contributed by atoms with van der Waals surface area (Å²) in [6.45, 7) is 0.965. The van der Waals surface area contributed by atoms with Crippen LogP contribution >= 0.6 is 0 Å². The van der Waals surface area contributed by atoms with E-state index in [-0.39, 0.29) is 0 Å². The summed E-state index contributed by atoms with van der Waals surface area (Å²) < 4.78 is 0. The second kappa shape index (κ2) is 6.71. The van der Waals surface area contributed by atoms with Gasteiger partial charge in [-0.05, 0) is 36.1 Å². The van der Waals surface area contributed by atoms with Crippen LogP contribution in [0.5, 0.6) is 0 Å². The van der Waals surface area contributed by atoms with Crippen LogP contribution < -0.4 is 5.32 Å². The molecule has 0 unspecified atom stereocenters. The Morgan fingerprint density at radius 2 is 1.95 bits per heavy atom. The maximum Gasteiger partial charge on any atom is 0.0650 e. The van der Waals surface area contributed by atoms with Gasteiger partial charge in [0.2, 0.25) is 0 Å². The first-order chi connectivity index (χ1) is 9.92. The van der Waals surface area contributed by atoms with Gasteiger partial charge >= 0.3 is 0 Å². The summed E-state index contributed by atoms with van der Waals surface area (Å²) >= 11 is 0. The van der Waals surface area contributed by atoms with Crippen molar-refractivity contribution in [3.63, 3.8) is 0 Å². The van der Waals surface area contributed by atoms with Gasteiger partial charge in [-0.2, -0.15) is 5.10 Å². The number of nitrogens with one attached hydrogen (secondary N) is 2. The number of aromatic nitrogens is 2. The maximum atomic E-state index is 4.02. The Morgan fingerprint density at radius 1 is 1.10 bits per heavy atom. The third-order valence-corrected chi connectivity index (χ3v) is 4.19. The molecular weight excluding hydrogens is 246 g/mol. The lowest BCUT2D eigenvalue weighted by molar-refractivity contribution is 0.459. The van der Waals surface area contributed by atoms with Gasteiger partial charge in [-0.15, -0.1) is 0 Å². The van der Waals surface area contributed by atoms with Crippen molar-refractivity contribution in [2.24, 2.45) is 0 Å². The van der Waals surface area contributed by atoms with Crippen molar-refractivity contribution in [2.75, 3.05) is 0 Å². The smallest absolute Gasteiger partial charge is 0.0650 e. The summed E-state index contributed by atoms with van der Waals surface area (Å²) in [4.78, 5) is 0. The topological polar surface area (TPSA) is 40.7 Å². The molecule has 3 nitrogen and oxygen atoms in total. The zero-order valence-corrected chi connectivity index (χ0v) is 11.9. The molecule has 1 fully saturated rings. The minimum Gasteiger partial charge on any atom is -0.310 e. The van der Waals surface area contributed by atoms with Crippen molar-refractivity contribution in [2.45, 2.75) is 51.1 Å². The van der Waals surface area contributed by atoms with Crippen LogP contribution in [0.4, 0.5) is 0 Å². The number of nitrogens with zero attached hydrogens (tertiary/aromatic N) is 1. The summed E-state index contributed by atoms with van der Waals surface area (Å²) in [6, 6.07) is 11.4. The SMILES string of the molecule is c1cc(CNC2CCCCCC2)cc(-c2ccn[nH]2)c1. The minimum absolute atomic E-state index is 0.702. The molecule has 1 aliphatic rings. The highest BCUT2D eigenvalue weighted by Crippen LogP contribution is 2.19. The molecular formula is C17H23N3. The van der Waals surface area contributed by atoms with Crippen LogP contribution in [0.3, 0.4) is 0 Å². The van der Waals surface area contributed by atoms with Crippen LogP contribution in [0.2, 0.25) is 0 Å². The third kappa shape index (κ3) is 3.48. The first-order valence-electron chi connectivity index (χ1n) is 7.74. The zero-order chi connectivity index (χ0) is 13.6. The van der Waals surface area contributed by atoms with Crippen molar-refractivity contribution < 1.29 is 0 Å². The monoisotopic (exact) mass is 269 g/mol. The van der Waals surface area contributed by atoms with Crippen LogP contribution in [-0.4, -0.2) is 16.2 Å². The van der Waals surface area contributed by atoms with E-state index in [1.807, 2.05) is 6.07 Å². The van der Waals surface area contributed by atoms with Gasteiger partial charge in [0, 0.05) is 18.8 Å². The van der Waals surface area contributed by atoms with E-state index in [0.29, 0.717) is 6.04 Å². The number of hydrogen-bond acceptors (Lipinski definition) is 2. The Hall–Kier alpha value is -1.61. The number of benzene rings is 1. The molecule has 1 heterocycles. The van der Waals surface area contributed by atoms with Crippen molar-refractivity contribution in [3.8, 4) is 11.3 Å². The van der Waals surface area contributed by atoms with Gasteiger partial charge in [-0.1, -0.05) is 43.9 Å². The summed E-state index contributed by atoms with van der Waals surface area (Å²) in [5.74, 6) is 0. The predicted octanol–water partition coefficient (Wildman–Crippen LogP) is 3.89. The average molecular weight is 269 g/mol. The Labute approximate surface area is 120 Å². The molecule has 20 heavy (non-hydrogen) atoms. The zero-order valence-electron chi connectivity index (χ0n) is 11.9. The highest BCUT2D eigenvalue weighted by molar-refractivity contribution is 5.59. The molecule has 1 saturated carbocycles. The molecule has 2 N–H and O–H groups in total. The molecule has 2 aromatic rings. The minimum atomic E-state index is 0.702. The molecule has 0 aliphatic heterocycles. The van der Waals surface area contributed by atoms with Gasteiger partial charge in [0.25, 0.3) is 0 Å². The lowest BCUT2D eigenvalue weighted by Crippen LogP contribution is -2.27. The van der Waals surface area contributed by atoms with Crippen LogP contribution in [0.15, 0.2) is 36.5 Å². The molecule has 3 heteroatoms. The first kappa shape index (κ1) is 13.4. The molecule has 0 amide bonds. The normalized spacial score (nSPS) is 17.0. The Morgan fingerprint density at radius 3 is 2.70 bits per heavy atom. The molecule has 0 radical (unpaired) electrons. The van der Waals surface area contributed by atoms with Gasteiger partial charge in [-0.25, -0.2) is 0 Å². The van der Waals surface area contributed by atoms with E-state index in [1.54, 1.807) is 6.20 Å². The standard InChI is InChI=1S/C17H23N3/c1-2-4-9-16(8-3-1)18-13-14-6-5-7-15(12-14)17-10-11-19-20-17/h5-7,10-12,16,18H,1-4,8-9,13H2,(H,19,20). The summed E-state index contributed by atoms with van der Waals surface area (Å²) in [5.41, 5.74) is 3.64. The third-order valence-electron chi connectivity index (χ3n) is 4.19. The molecule has 0 bridgehead atoms. The van der Waals surface area contributed by atoms with Gasteiger partial charge in [0.1, 0.15) is 0 Å². The lowest BCUT2D eigenvalue weighted by atomic mass is 10.1. The van der Waals surface area contributed by atoms with Crippen molar-refractivity contribution in [1.29, 1.82) is 0 Å². The molecule has 3 rings (SSSR count). The lowest BCUT2D eigenvalue weighted by Gasteiger charge is -2.16. The average Bonchev–Trinajstić information content (AvgIpc) is 2.90. The molecule has 1 aliphatic carbocycles. The molecule has 0 saturated heterocycles. The number of hydrogen-bond donors (Lipinski definition) is 2. The predicted molar refractivity (Wildman–Crippen MR) is 82.4 cm³/mol. The molecule has 1 aromatic heterocycles. The summed E-state index contributed by atoms with van der Waals surface area (Å²) in [6.07, 6.45) is 10.0. The number of rotatable bonds is 4. The summed E-state index contributed by atoms with van der Waals surface area (Å²) in [5, 5.41) is 10.8. The maximum absolute atomic E-state index is 4.02. The van der Waals surface area contributed by atoms with Crippen molar-refractivity contribution in [3.05, 3.63) is 42.1 Å². The van der Waals surface area contributed by atoms with E-state index in [9.17, 15) is 0 Å². The first-order valence-corrected chi connectivity index (χ1v) is 7.74. The molecule has 0 spiro atoms. The highest BCUT2D eigenvalue weighted by Gasteiger charge is 2.11. The Kier molecular flexibility index (Phi) is 4.49. The van der Waals surface area contributed by atoms with Crippen LogP contribution in [0.1, 0.15) is 44.1 Å². The van der Waals surface area contributed by atoms with E-state index in [1.165, 1.54) is 49.7 Å². The second-order valence-electron chi connectivity index (χ2n) is 5.74. The summed E-state index contributed by atoms with van der Waals surface area (Å²) in [7, 11) is 0. The van der Waals surface area contributed by atoms with Crippen LogP contribution in [0.25, 0.3) is 11.3 Å². The molecule has 106 valence electrons. The number of H-pyrrole nitrogens is 1. The fourth-order valence-electron chi connectivity index (χ4n) is 3.01. The van der Waals surface area contributed by atoms with Crippen LogP contribution in [0, 0.1) is 0 Å². The Balaban J connectivity index is 1.61. The Bertz CT molecular complexity index is 511. The van der Waals surface area contributed by atoms with Gasteiger partial charge in [0.05, 0.1) is 5.69 Å². The van der Waals surface area contributed by atoms with Gasteiger partial charge < -0.3 is 5.32 Å². The largest absolute Gasteiger partial charge is 0.310 e. The highest BCUT2D eigenvalue weighted by atomic mass is 15.1. The van der Waals surface area contributed by atoms with Crippen LogP contribution in [-0.2, 0) is 6.54 Å². The van der Waals surface area contributed by atoms with E-state index in [2.05, 4.69) is 39.8 Å². The molecule has 1 aromatic carbocycles. The van der Waals surface area contributed by atoms with Crippen molar-refractivity contribution >= 4 is 0 Å². The quantitative estimate of drug-likeness (QED) is 0.827. The van der Waals surface area contributed by atoms with E-state index >= 15 is 0 Å². The van der Waals surface area contributed by atoms with Gasteiger partial charge in [0.15, 0.2) is 0 Å². The number of aromatic amines is 1. The fraction of sp³-hybridized carbons (Fsp3) is 0.471. The van der Waals surface area contributed by atoms with E-state index in [4.69, 9.17) is 0 Å². The van der Waals surface area contributed by atoms with Crippen molar-refractivity contribution in [1.82, 2.24) is 15.5 Å². The second-order valence-corrected chi connectivity index (χ2v) is 5.74. The van der Waals surface area contributed by atoms with E-state index < -0.39 is 0 Å². The van der Waals surface area contributed by atoms with E-state index in [0.717, 1.165) is 12.2 Å². The molecule has 0 atom stereocenters.